The van der Waals surface area contributed by atoms with E-state index < -0.39 is 20.7 Å². The van der Waals surface area contributed by atoms with E-state index in [2.05, 4.69) is 0 Å². The molecule has 1 aromatic rings. The second-order valence-electron chi connectivity index (χ2n) is 4.76. The summed E-state index contributed by atoms with van der Waals surface area (Å²) in [5.74, 6) is 0. The summed E-state index contributed by atoms with van der Waals surface area (Å²) in [5.41, 5.74) is -0.841. The van der Waals surface area contributed by atoms with Gasteiger partial charge in [-0.15, -0.1) is 0 Å². The van der Waals surface area contributed by atoms with Gasteiger partial charge in [0.25, 0.3) is 0 Å². The highest BCUT2D eigenvalue weighted by Crippen LogP contribution is 2.43. The van der Waals surface area contributed by atoms with Crippen molar-refractivity contribution in [1.82, 2.24) is 0 Å². The Morgan fingerprint density at radius 2 is 2.00 bits per heavy atom. The number of rotatable bonds is 2. The van der Waals surface area contributed by atoms with Gasteiger partial charge in [-0.05, 0) is 37.0 Å². The molecule has 6 heteroatoms. The first kappa shape index (κ1) is 14.1. The van der Waals surface area contributed by atoms with Gasteiger partial charge in [0, 0.05) is 6.26 Å². The molecule has 0 bridgehead atoms. The van der Waals surface area contributed by atoms with Crippen LogP contribution in [-0.4, -0.2) is 25.0 Å². The van der Waals surface area contributed by atoms with E-state index in [1.807, 2.05) is 0 Å². The molecule has 0 aliphatic heterocycles. The topological polar surface area (TPSA) is 54.4 Å². The van der Waals surface area contributed by atoms with Gasteiger partial charge < -0.3 is 5.11 Å². The third kappa shape index (κ3) is 2.39. The van der Waals surface area contributed by atoms with Crippen LogP contribution in [0.2, 0.25) is 10.0 Å². The lowest BCUT2D eigenvalue weighted by atomic mass is 9.92. The normalized spacial score (nSPS) is 28.6. The van der Waals surface area contributed by atoms with Gasteiger partial charge >= 0.3 is 0 Å². The highest BCUT2D eigenvalue weighted by molar-refractivity contribution is 7.91. The Bertz CT molecular complexity index is 571. The summed E-state index contributed by atoms with van der Waals surface area (Å²) in [7, 11) is -3.31. The fourth-order valence-electron chi connectivity index (χ4n) is 2.62. The molecule has 1 aliphatic rings. The van der Waals surface area contributed by atoms with Crippen LogP contribution < -0.4 is 0 Å². The van der Waals surface area contributed by atoms with Crippen LogP contribution in [0.3, 0.4) is 0 Å². The van der Waals surface area contributed by atoms with E-state index in [1.54, 1.807) is 18.2 Å². The summed E-state index contributed by atoms with van der Waals surface area (Å²) in [5, 5.41) is 10.6. The lowest BCUT2D eigenvalue weighted by molar-refractivity contribution is 0.0477. The Labute approximate surface area is 117 Å². The van der Waals surface area contributed by atoms with Gasteiger partial charge in [-0.3, -0.25) is 0 Å². The molecule has 0 amide bonds. The first-order valence-corrected chi connectivity index (χ1v) is 8.33. The lowest BCUT2D eigenvalue weighted by Crippen LogP contribution is -2.39. The minimum absolute atomic E-state index is 0.321. The molecule has 2 rings (SSSR count). The summed E-state index contributed by atoms with van der Waals surface area (Å²) in [6.07, 6.45) is 2.72. The molecule has 1 saturated carbocycles. The van der Waals surface area contributed by atoms with Gasteiger partial charge in [-0.1, -0.05) is 29.3 Å². The Kier molecular flexibility index (Phi) is 3.67. The standard InChI is InChI=1S/C12H14Cl2O3S/c1-18(16,17)11-3-2-6-12(11,15)8-4-5-9(13)10(14)7-8/h4-5,7,11,15H,2-3,6H2,1H3. The van der Waals surface area contributed by atoms with E-state index in [0.29, 0.717) is 34.9 Å². The van der Waals surface area contributed by atoms with Crippen LogP contribution in [0.5, 0.6) is 0 Å². The minimum Gasteiger partial charge on any atom is -0.384 e. The molecule has 1 fully saturated rings. The Morgan fingerprint density at radius 1 is 1.33 bits per heavy atom. The fraction of sp³-hybridized carbons (Fsp3) is 0.500. The van der Waals surface area contributed by atoms with E-state index in [9.17, 15) is 13.5 Å². The third-order valence-electron chi connectivity index (χ3n) is 3.49. The molecule has 2 atom stereocenters. The first-order chi connectivity index (χ1) is 8.25. The molecule has 2 unspecified atom stereocenters. The number of sulfone groups is 1. The highest BCUT2D eigenvalue weighted by atomic mass is 35.5. The van der Waals surface area contributed by atoms with Crippen LogP contribution in [0.4, 0.5) is 0 Å². The molecular weight excluding hydrogens is 295 g/mol. The van der Waals surface area contributed by atoms with E-state index in [0.717, 1.165) is 6.26 Å². The Balaban J connectivity index is 2.50. The van der Waals surface area contributed by atoms with E-state index in [-0.39, 0.29) is 0 Å². The molecular formula is C12H14Cl2O3S. The van der Waals surface area contributed by atoms with Crippen LogP contribution in [0.25, 0.3) is 0 Å². The summed E-state index contributed by atoms with van der Waals surface area (Å²) >= 11 is 11.8. The van der Waals surface area contributed by atoms with Crippen molar-refractivity contribution in [2.24, 2.45) is 0 Å². The van der Waals surface area contributed by atoms with Crippen molar-refractivity contribution in [1.29, 1.82) is 0 Å². The van der Waals surface area contributed by atoms with Crippen LogP contribution in [0, 0.1) is 0 Å². The van der Waals surface area contributed by atoms with Crippen molar-refractivity contribution in [2.45, 2.75) is 30.1 Å². The Hall–Kier alpha value is -0.290. The van der Waals surface area contributed by atoms with Crippen LogP contribution >= 0.6 is 23.2 Å². The van der Waals surface area contributed by atoms with Crippen molar-refractivity contribution >= 4 is 33.0 Å². The lowest BCUT2D eigenvalue weighted by Gasteiger charge is -2.29. The van der Waals surface area contributed by atoms with Gasteiger partial charge in [0.05, 0.1) is 15.3 Å². The number of benzene rings is 1. The van der Waals surface area contributed by atoms with Gasteiger partial charge in [0.15, 0.2) is 9.84 Å². The van der Waals surface area contributed by atoms with Crippen LogP contribution in [-0.2, 0) is 15.4 Å². The second-order valence-corrected chi connectivity index (χ2v) is 7.81. The highest BCUT2D eigenvalue weighted by Gasteiger charge is 2.48. The average Bonchev–Trinajstić information content (AvgIpc) is 2.65. The molecule has 1 N–H and O–H groups in total. The molecule has 100 valence electrons. The van der Waals surface area contributed by atoms with Gasteiger partial charge in [0.1, 0.15) is 5.60 Å². The van der Waals surface area contributed by atoms with Gasteiger partial charge in [-0.2, -0.15) is 0 Å². The Morgan fingerprint density at radius 3 is 2.56 bits per heavy atom. The molecule has 0 saturated heterocycles. The van der Waals surface area contributed by atoms with Crippen molar-refractivity contribution in [3.8, 4) is 0 Å². The number of aliphatic hydroxyl groups is 1. The molecule has 3 nitrogen and oxygen atoms in total. The van der Waals surface area contributed by atoms with Crippen molar-refractivity contribution in [3.63, 3.8) is 0 Å². The molecule has 0 heterocycles. The van der Waals surface area contributed by atoms with E-state index in [1.165, 1.54) is 0 Å². The van der Waals surface area contributed by atoms with E-state index in [4.69, 9.17) is 23.2 Å². The predicted octanol–water partition coefficient (Wildman–Crippen LogP) is 2.78. The molecule has 0 aromatic heterocycles. The maximum absolute atomic E-state index is 11.8. The number of hydrogen-bond donors (Lipinski definition) is 1. The third-order valence-corrected chi connectivity index (χ3v) is 5.89. The number of halogens is 2. The largest absolute Gasteiger partial charge is 0.384 e. The molecule has 0 spiro atoms. The molecule has 0 radical (unpaired) electrons. The molecule has 18 heavy (non-hydrogen) atoms. The quantitative estimate of drug-likeness (QED) is 0.914. The summed E-state index contributed by atoms with van der Waals surface area (Å²) in [6, 6.07) is 4.76. The smallest absolute Gasteiger partial charge is 0.153 e. The van der Waals surface area contributed by atoms with Crippen LogP contribution in [0.1, 0.15) is 24.8 Å². The zero-order valence-electron chi connectivity index (χ0n) is 9.86. The van der Waals surface area contributed by atoms with Crippen LogP contribution in [0.15, 0.2) is 18.2 Å². The van der Waals surface area contributed by atoms with Crippen molar-refractivity contribution in [3.05, 3.63) is 33.8 Å². The summed E-state index contributed by atoms with van der Waals surface area (Å²) < 4.78 is 23.5. The summed E-state index contributed by atoms with van der Waals surface area (Å²) in [6.45, 7) is 0. The van der Waals surface area contributed by atoms with Crippen molar-refractivity contribution in [2.75, 3.05) is 6.26 Å². The second kappa shape index (κ2) is 4.67. The molecule has 1 aliphatic carbocycles. The SMILES string of the molecule is CS(=O)(=O)C1CCCC1(O)c1ccc(Cl)c(Cl)c1. The zero-order valence-corrected chi connectivity index (χ0v) is 12.2. The molecule has 1 aromatic carbocycles. The summed E-state index contributed by atoms with van der Waals surface area (Å²) in [4.78, 5) is 0. The monoisotopic (exact) mass is 308 g/mol. The van der Waals surface area contributed by atoms with Gasteiger partial charge in [-0.25, -0.2) is 8.42 Å². The van der Waals surface area contributed by atoms with Gasteiger partial charge in [0.2, 0.25) is 0 Å². The maximum Gasteiger partial charge on any atom is 0.153 e. The van der Waals surface area contributed by atoms with Crippen molar-refractivity contribution < 1.29 is 13.5 Å². The predicted molar refractivity (Wildman–Crippen MR) is 72.8 cm³/mol. The average molecular weight is 309 g/mol. The maximum atomic E-state index is 11.8. The zero-order chi connectivity index (χ0) is 13.6. The van der Waals surface area contributed by atoms with E-state index >= 15 is 0 Å². The minimum atomic E-state index is -3.31. The number of hydrogen-bond acceptors (Lipinski definition) is 3. The fourth-order valence-corrected chi connectivity index (χ4v) is 4.48. The first-order valence-electron chi connectivity index (χ1n) is 5.62.